The van der Waals surface area contributed by atoms with Crippen molar-refractivity contribution in [2.24, 2.45) is 4.99 Å². The number of rotatable bonds is 6. The highest BCUT2D eigenvalue weighted by molar-refractivity contribution is 9.10. The minimum absolute atomic E-state index is 0.236. The number of nitro benzene ring substituents is 1. The molecule has 7 nitrogen and oxygen atoms in total. The van der Waals surface area contributed by atoms with E-state index in [4.69, 9.17) is 9.47 Å². The summed E-state index contributed by atoms with van der Waals surface area (Å²) in [5.74, 6) is 1.61. The number of phenolic OH excluding ortho intramolecular Hbond substituents is 1. The summed E-state index contributed by atoms with van der Waals surface area (Å²) < 4.78 is 11.3. The van der Waals surface area contributed by atoms with Crippen LogP contribution in [0.15, 0.2) is 70.1 Å². The minimum Gasteiger partial charge on any atom is -0.502 e. The van der Waals surface area contributed by atoms with Gasteiger partial charge in [0, 0.05) is 22.3 Å². The van der Waals surface area contributed by atoms with Crippen LogP contribution in [0.3, 0.4) is 0 Å². The number of hydrogen-bond acceptors (Lipinski definition) is 6. The average molecular weight is 443 g/mol. The zero-order chi connectivity index (χ0) is 20.1. The molecule has 0 atom stereocenters. The largest absolute Gasteiger partial charge is 0.502 e. The van der Waals surface area contributed by atoms with Gasteiger partial charge in [0.05, 0.1) is 17.7 Å². The maximum absolute atomic E-state index is 11.0. The van der Waals surface area contributed by atoms with E-state index in [1.807, 2.05) is 0 Å². The fourth-order valence-corrected chi connectivity index (χ4v) is 2.83. The summed E-state index contributed by atoms with van der Waals surface area (Å²) in [5.41, 5.74) is 0.447. The van der Waals surface area contributed by atoms with Gasteiger partial charge in [-0.05, 0) is 54.6 Å². The molecule has 3 aromatic carbocycles. The lowest BCUT2D eigenvalue weighted by Crippen LogP contribution is -1.92. The number of nitrogens with zero attached hydrogens (tertiary/aromatic N) is 2. The van der Waals surface area contributed by atoms with Gasteiger partial charge >= 0.3 is 5.69 Å². The molecule has 0 aromatic heterocycles. The zero-order valence-electron chi connectivity index (χ0n) is 14.7. The highest BCUT2D eigenvalue weighted by Crippen LogP contribution is 2.33. The smallest absolute Gasteiger partial charge is 0.312 e. The highest BCUT2D eigenvalue weighted by atomic mass is 79.9. The molecule has 0 aliphatic carbocycles. The van der Waals surface area contributed by atoms with Crippen molar-refractivity contribution in [1.82, 2.24) is 0 Å². The molecular weight excluding hydrogens is 428 g/mol. The number of hydrogen-bond donors (Lipinski definition) is 1. The molecule has 3 rings (SSSR count). The topological polar surface area (TPSA) is 94.2 Å². The van der Waals surface area contributed by atoms with Gasteiger partial charge in [0.1, 0.15) is 17.2 Å². The quantitative estimate of drug-likeness (QED) is 0.304. The summed E-state index contributed by atoms with van der Waals surface area (Å²) in [7, 11) is 1.60. The maximum Gasteiger partial charge on any atom is 0.312 e. The van der Waals surface area contributed by atoms with Crippen molar-refractivity contribution in [2.75, 3.05) is 7.11 Å². The molecule has 28 heavy (non-hydrogen) atoms. The number of methoxy groups -OCH3 is 1. The first-order valence-corrected chi connectivity index (χ1v) is 8.88. The third kappa shape index (κ3) is 4.66. The van der Waals surface area contributed by atoms with Crippen molar-refractivity contribution < 1.29 is 19.5 Å². The molecule has 0 aliphatic heterocycles. The van der Waals surface area contributed by atoms with Crippen LogP contribution in [0.1, 0.15) is 5.56 Å². The first-order chi connectivity index (χ1) is 13.5. The van der Waals surface area contributed by atoms with E-state index in [0.29, 0.717) is 21.7 Å². The number of aliphatic imine (C=N–C) groups is 1. The predicted molar refractivity (Wildman–Crippen MR) is 109 cm³/mol. The van der Waals surface area contributed by atoms with Gasteiger partial charge in [-0.25, -0.2) is 0 Å². The van der Waals surface area contributed by atoms with Gasteiger partial charge in [-0.15, -0.1) is 0 Å². The SMILES string of the molecule is COc1ccc(Oc2ccc(N=Cc3cc(Br)cc([N+](=O)[O-])c3O)cc2)cc1. The lowest BCUT2D eigenvalue weighted by atomic mass is 10.2. The maximum atomic E-state index is 11.0. The average Bonchev–Trinajstić information content (AvgIpc) is 2.70. The van der Waals surface area contributed by atoms with Gasteiger partial charge < -0.3 is 14.6 Å². The number of halogens is 1. The summed E-state index contributed by atoms with van der Waals surface area (Å²) in [6.45, 7) is 0. The number of aromatic hydroxyl groups is 1. The minimum atomic E-state index is -0.650. The molecule has 0 bridgehead atoms. The Balaban J connectivity index is 1.74. The molecular formula is C20H15BrN2O5. The number of phenols is 1. The van der Waals surface area contributed by atoms with Crippen LogP contribution in [0.4, 0.5) is 11.4 Å². The van der Waals surface area contributed by atoms with E-state index in [1.54, 1.807) is 61.7 Å². The van der Waals surface area contributed by atoms with E-state index in [0.717, 1.165) is 5.75 Å². The van der Waals surface area contributed by atoms with Gasteiger partial charge in [-0.2, -0.15) is 0 Å². The van der Waals surface area contributed by atoms with Crippen molar-refractivity contribution in [3.8, 4) is 23.0 Å². The van der Waals surface area contributed by atoms with Crippen molar-refractivity contribution in [2.45, 2.75) is 0 Å². The van der Waals surface area contributed by atoms with Gasteiger partial charge in [0.25, 0.3) is 0 Å². The monoisotopic (exact) mass is 442 g/mol. The van der Waals surface area contributed by atoms with Gasteiger partial charge in [-0.3, -0.25) is 15.1 Å². The molecule has 0 radical (unpaired) electrons. The Morgan fingerprint density at radius 1 is 1.04 bits per heavy atom. The summed E-state index contributed by atoms with van der Waals surface area (Å²) >= 11 is 3.19. The Kier molecular flexibility index (Phi) is 5.90. The van der Waals surface area contributed by atoms with Crippen LogP contribution in [0.2, 0.25) is 0 Å². The van der Waals surface area contributed by atoms with E-state index >= 15 is 0 Å². The van der Waals surface area contributed by atoms with E-state index in [9.17, 15) is 15.2 Å². The van der Waals surface area contributed by atoms with Crippen LogP contribution in [0.5, 0.6) is 23.0 Å². The first kappa shape index (κ1) is 19.4. The summed E-state index contributed by atoms with van der Waals surface area (Å²) in [4.78, 5) is 14.6. The van der Waals surface area contributed by atoms with Crippen LogP contribution < -0.4 is 9.47 Å². The number of ether oxygens (including phenoxy) is 2. The van der Waals surface area contributed by atoms with Gasteiger partial charge in [0.15, 0.2) is 0 Å². The molecule has 0 heterocycles. The Bertz CT molecular complexity index is 1020. The normalized spacial score (nSPS) is 10.8. The van der Waals surface area contributed by atoms with Crippen molar-refractivity contribution in [3.05, 3.63) is 80.8 Å². The Morgan fingerprint density at radius 3 is 2.18 bits per heavy atom. The van der Waals surface area contributed by atoms with E-state index < -0.39 is 10.7 Å². The second kappa shape index (κ2) is 8.53. The molecule has 0 fully saturated rings. The molecule has 0 aliphatic rings. The first-order valence-electron chi connectivity index (χ1n) is 8.09. The summed E-state index contributed by atoms with van der Waals surface area (Å²) in [6.07, 6.45) is 1.37. The third-order valence-electron chi connectivity index (χ3n) is 3.77. The molecule has 142 valence electrons. The Hall–Kier alpha value is -3.39. The van der Waals surface area contributed by atoms with Gasteiger partial charge in [0.2, 0.25) is 5.75 Å². The lowest BCUT2D eigenvalue weighted by Gasteiger charge is -2.06. The molecule has 0 saturated heterocycles. The molecule has 3 aromatic rings. The standard InChI is InChI=1S/C20H15BrN2O5/c1-27-16-6-8-18(9-7-16)28-17-4-2-15(3-5-17)22-12-13-10-14(21)11-19(20(13)24)23(25)26/h2-12,24H,1H3. The fourth-order valence-electron chi connectivity index (χ4n) is 2.37. The van der Waals surface area contributed by atoms with Crippen molar-refractivity contribution in [3.63, 3.8) is 0 Å². The van der Waals surface area contributed by atoms with E-state index in [1.165, 1.54) is 12.3 Å². The lowest BCUT2D eigenvalue weighted by molar-refractivity contribution is -0.385. The van der Waals surface area contributed by atoms with Crippen LogP contribution in [-0.2, 0) is 0 Å². The van der Waals surface area contributed by atoms with Crippen LogP contribution in [0.25, 0.3) is 0 Å². The Labute approximate surface area is 169 Å². The second-order valence-corrected chi connectivity index (χ2v) is 6.57. The van der Waals surface area contributed by atoms with Gasteiger partial charge in [-0.1, -0.05) is 15.9 Å². The van der Waals surface area contributed by atoms with Crippen molar-refractivity contribution in [1.29, 1.82) is 0 Å². The molecule has 0 amide bonds. The zero-order valence-corrected chi connectivity index (χ0v) is 16.3. The molecule has 1 N–H and O–H groups in total. The Morgan fingerprint density at radius 2 is 1.61 bits per heavy atom. The molecule has 0 saturated carbocycles. The van der Waals surface area contributed by atoms with E-state index in [2.05, 4.69) is 20.9 Å². The van der Waals surface area contributed by atoms with Crippen LogP contribution in [-0.4, -0.2) is 23.4 Å². The summed E-state index contributed by atoms with van der Waals surface area (Å²) in [5, 5.41) is 21.0. The van der Waals surface area contributed by atoms with Crippen LogP contribution in [0, 0.1) is 10.1 Å². The number of benzene rings is 3. The predicted octanol–water partition coefficient (Wildman–Crippen LogP) is 5.61. The van der Waals surface area contributed by atoms with Crippen molar-refractivity contribution >= 4 is 33.5 Å². The molecule has 8 heteroatoms. The second-order valence-electron chi connectivity index (χ2n) is 5.65. The third-order valence-corrected chi connectivity index (χ3v) is 4.22. The van der Waals surface area contributed by atoms with Crippen LogP contribution >= 0.6 is 15.9 Å². The summed E-state index contributed by atoms with van der Waals surface area (Å²) in [6, 6.07) is 17.0. The van der Waals surface area contributed by atoms with E-state index in [-0.39, 0.29) is 11.3 Å². The highest BCUT2D eigenvalue weighted by Gasteiger charge is 2.17. The molecule has 0 unspecified atom stereocenters. The fraction of sp³-hybridized carbons (Fsp3) is 0.0500. The number of nitro groups is 1. The molecule has 0 spiro atoms.